The molecule has 43 heavy (non-hydrogen) atoms. The molecule has 1 amide bonds. The van der Waals surface area contributed by atoms with Crippen LogP contribution in [0.1, 0.15) is 39.1 Å². The topological polar surface area (TPSA) is 166 Å². The Morgan fingerprint density at radius 3 is 1.95 bits per heavy atom. The standard InChI is InChI=1S/C31H40N6O6/c1-35(2)13-5-15-42-23-9-7-21(26(32)19-23)18-30(38)22-8-11-25(29(17-22)37(40)41)31(39)34-28-12-10-24(20-27(28)33)43-16-6-14-36(3)4/h7-12,17,19-20H,5-6,13-16,18,32-33H2,1-4H3,(H,34,39). The zero-order valence-electron chi connectivity index (χ0n) is 25.1. The largest absolute Gasteiger partial charge is 0.493 e. The Labute approximate surface area is 251 Å². The lowest BCUT2D eigenvalue weighted by molar-refractivity contribution is -0.385. The van der Waals surface area contributed by atoms with Gasteiger partial charge in [-0.2, -0.15) is 0 Å². The van der Waals surface area contributed by atoms with E-state index in [2.05, 4.69) is 15.1 Å². The van der Waals surface area contributed by atoms with Gasteiger partial charge in [-0.15, -0.1) is 0 Å². The van der Waals surface area contributed by atoms with Crippen LogP contribution < -0.4 is 26.3 Å². The molecule has 3 aromatic carbocycles. The minimum absolute atomic E-state index is 0.0739. The van der Waals surface area contributed by atoms with E-state index in [0.717, 1.165) is 32.0 Å². The summed E-state index contributed by atoms with van der Waals surface area (Å²) in [5.74, 6) is 0.0291. The van der Waals surface area contributed by atoms with Gasteiger partial charge >= 0.3 is 0 Å². The van der Waals surface area contributed by atoms with E-state index in [1.807, 2.05) is 28.2 Å². The maximum absolute atomic E-state index is 13.0. The van der Waals surface area contributed by atoms with E-state index in [1.54, 1.807) is 36.4 Å². The van der Waals surface area contributed by atoms with Crippen molar-refractivity contribution >= 4 is 34.4 Å². The number of carbonyl (C=O) groups excluding carboxylic acids is 2. The smallest absolute Gasteiger partial charge is 0.282 e. The molecular formula is C31H40N6O6. The summed E-state index contributed by atoms with van der Waals surface area (Å²) in [6, 6.07) is 13.7. The second-order valence-electron chi connectivity index (χ2n) is 10.7. The monoisotopic (exact) mass is 592 g/mol. The summed E-state index contributed by atoms with van der Waals surface area (Å²) < 4.78 is 11.4. The molecule has 12 heteroatoms. The zero-order chi connectivity index (χ0) is 31.5. The van der Waals surface area contributed by atoms with E-state index in [1.165, 1.54) is 12.1 Å². The molecule has 0 saturated carbocycles. The van der Waals surface area contributed by atoms with Crippen molar-refractivity contribution in [2.45, 2.75) is 19.3 Å². The highest BCUT2D eigenvalue weighted by Gasteiger charge is 2.23. The summed E-state index contributed by atoms with van der Waals surface area (Å²) in [6.45, 7) is 2.80. The van der Waals surface area contributed by atoms with Gasteiger partial charge in [0.15, 0.2) is 5.78 Å². The van der Waals surface area contributed by atoms with E-state index in [9.17, 15) is 19.7 Å². The van der Waals surface area contributed by atoms with E-state index in [0.29, 0.717) is 36.0 Å². The molecule has 0 saturated heterocycles. The fourth-order valence-electron chi connectivity index (χ4n) is 4.22. The Morgan fingerprint density at radius 1 is 0.837 bits per heavy atom. The summed E-state index contributed by atoms with van der Waals surface area (Å²) in [6.07, 6.45) is 1.61. The quantitative estimate of drug-likeness (QED) is 0.0724. The van der Waals surface area contributed by atoms with Gasteiger partial charge < -0.3 is 36.1 Å². The number of Topliss-reactive ketones (excluding diaryl/α,β-unsaturated/α-hetero) is 1. The lowest BCUT2D eigenvalue weighted by Gasteiger charge is -2.13. The minimum Gasteiger partial charge on any atom is -0.493 e. The highest BCUT2D eigenvalue weighted by molar-refractivity contribution is 6.09. The Balaban J connectivity index is 1.66. The number of nitro benzene ring substituents is 1. The number of benzene rings is 3. The van der Waals surface area contributed by atoms with Crippen LogP contribution in [0.4, 0.5) is 22.7 Å². The van der Waals surface area contributed by atoms with Crippen molar-refractivity contribution in [3.8, 4) is 11.5 Å². The maximum Gasteiger partial charge on any atom is 0.282 e. The van der Waals surface area contributed by atoms with Crippen LogP contribution in [0, 0.1) is 10.1 Å². The molecule has 0 bridgehead atoms. The van der Waals surface area contributed by atoms with E-state index in [-0.39, 0.29) is 34.7 Å². The summed E-state index contributed by atoms with van der Waals surface area (Å²) in [4.78, 5) is 41.3. The van der Waals surface area contributed by atoms with Crippen LogP contribution in [0.5, 0.6) is 11.5 Å². The Hall–Kier alpha value is -4.68. The molecule has 0 aliphatic carbocycles. The second kappa shape index (κ2) is 15.5. The fourth-order valence-corrected chi connectivity index (χ4v) is 4.22. The molecule has 0 aromatic heterocycles. The Kier molecular flexibility index (Phi) is 11.8. The van der Waals surface area contributed by atoms with Crippen molar-refractivity contribution in [3.05, 3.63) is 81.4 Å². The van der Waals surface area contributed by atoms with Gasteiger partial charge in [0.2, 0.25) is 0 Å². The van der Waals surface area contributed by atoms with Crippen LogP contribution in [0.15, 0.2) is 54.6 Å². The number of nitrogens with one attached hydrogen (secondary N) is 1. The highest BCUT2D eigenvalue weighted by atomic mass is 16.6. The summed E-state index contributed by atoms with van der Waals surface area (Å²) in [5, 5.41) is 14.5. The number of carbonyl (C=O) groups is 2. The summed E-state index contributed by atoms with van der Waals surface area (Å²) in [7, 11) is 7.93. The molecule has 0 aliphatic heterocycles. The number of nitrogen functional groups attached to an aromatic ring is 2. The van der Waals surface area contributed by atoms with Crippen molar-refractivity contribution in [2.75, 3.05) is 71.3 Å². The first-order valence-corrected chi connectivity index (χ1v) is 13.9. The van der Waals surface area contributed by atoms with Crippen LogP contribution in [-0.2, 0) is 6.42 Å². The van der Waals surface area contributed by atoms with Gasteiger partial charge in [-0.3, -0.25) is 19.7 Å². The molecule has 0 fully saturated rings. The first-order valence-electron chi connectivity index (χ1n) is 13.9. The third-order valence-electron chi connectivity index (χ3n) is 6.54. The first-order chi connectivity index (χ1) is 20.4. The average Bonchev–Trinajstić information content (AvgIpc) is 2.95. The molecule has 12 nitrogen and oxygen atoms in total. The van der Waals surface area contributed by atoms with Gasteiger partial charge in [0.05, 0.1) is 29.5 Å². The molecule has 0 heterocycles. The third-order valence-corrected chi connectivity index (χ3v) is 6.54. The third kappa shape index (κ3) is 9.97. The molecule has 3 aromatic rings. The van der Waals surface area contributed by atoms with Crippen LogP contribution in [-0.4, -0.2) is 80.9 Å². The number of hydrogen-bond donors (Lipinski definition) is 3. The first kappa shape index (κ1) is 32.8. The number of nitro groups is 1. The number of ether oxygens (including phenoxy) is 2. The van der Waals surface area contributed by atoms with Gasteiger partial charge in [0, 0.05) is 49.0 Å². The Morgan fingerprint density at radius 2 is 1.42 bits per heavy atom. The summed E-state index contributed by atoms with van der Waals surface area (Å²) in [5.41, 5.74) is 13.1. The molecule has 0 aliphatic rings. The molecule has 0 atom stereocenters. The molecule has 5 N–H and O–H groups in total. The predicted octanol–water partition coefficient (Wildman–Crippen LogP) is 4.10. The van der Waals surface area contributed by atoms with Gasteiger partial charge in [-0.25, -0.2) is 0 Å². The molecule has 230 valence electrons. The number of nitrogens with zero attached hydrogens (tertiary/aromatic N) is 3. The number of anilines is 3. The van der Waals surface area contributed by atoms with Crippen molar-refractivity contribution in [3.63, 3.8) is 0 Å². The van der Waals surface area contributed by atoms with Gasteiger partial charge in [0.25, 0.3) is 11.6 Å². The Bertz CT molecular complexity index is 1440. The lowest BCUT2D eigenvalue weighted by Crippen LogP contribution is -2.16. The van der Waals surface area contributed by atoms with Crippen LogP contribution in [0.3, 0.4) is 0 Å². The average molecular weight is 593 g/mol. The number of amides is 1. The SMILES string of the molecule is CN(C)CCCOc1ccc(CC(=O)c2ccc(C(=O)Nc3ccc(OCCCN(C)C)cc3N)c([N+](=O)[O-])c2)c(N)c1. The molecular weight excluding hydrogens is 552 g/mol. The fraction of sp³-hybridized carbons (Fsp3) is 0.355. The molecule has 0 spiro atoms. The van der Waals surface area contributed by atoms with E-state index in [4.69, 9.17) is 20.9 Å². The zero-order valence-corrected chi connectivity index (χ0v) is 25.1. The van der Waals surface area contributed by atoms with Gasteiger partial charge in [-0.05, 0) is 70.9 Å². The normalized spacial score (nSPS) is 11.0. The molecule has 0 unspecified atom stereocenters. The van der Waals surface area contributed by atoms with Crippen molar-refractivity contribution in [1.29, 1.82) is 0 Å². The second-order valence-corrected chi connectivity index (χ2v) is 10.7. The van der Waals surface area contributed by atoms with Crippen molar-refractivity contribution in [1.82, 2.24) is 9.80 Å². The highest BCUT2D eigenvalue weighted by Crippen LogP contribution is 2.28. The van der Waals surface area contributed by atoms with Crippen LogP contribution in [0.2, 0.25) is 0 Å². The number of rotatable bonds is 16. The van der Waals surface area contributed by atoms with Crippen LogP contribution in [0.25, 0.3) is 0 Å². The maximum atomic E-state index is 13.0. The lowest BCUT2D eigenvalue weighted by atomic mass is 9.99. The molecule has 3 rings (SSSR count). The number of hydrogen-bond acceptors (Lipinski definition) is 10. The minimum atomic E-state index is -0.734. The van der Waals surface area contributed by atoms with Crippen LogP contribution >= 0.6 is 0 Å². The van der Waals surface area contributed by atoms with Crippen molar-refractivity contribution < 1.29 is 24.0 Å². The number of ketones is 1. The van der Waals surface area contributed by atoms with Gasteiger partial charge in [-0.1, -0.05) is 12.1 Å². The van der Waals surface area contributed by atoms with E-state index < -0.39 is 16.5 Å². The summed E-state index contributed by atoms with van der Waals surface area (Å²) >= 11 is 0. The predicted molar refractivity (Wildman–Crippen MR) is 168 cm³/mol. The molecule has 0 radical (unpaired) electrons. The van der Waals surface area contributed by atoms with Gasteiger partial charge in [0.1, 0.15) is 17.1 Å². The van der Waals surface area contributed by atoms with E-state index >= 15 is 0 Å². The van der Waals surface area contributed by atoms with Crippen molar-refractivity contribution in [2.24, 2.45) is 0 Å². The number of nitrogens with two attached hydrogens (primary N) is 2.